The highest BCUT2D eigenvalue weighted by atomic mass is 16.3. The zero-order valence-electron chi connectivity index (χ0n) is 17.0. The van der Waals surface area contributed by atoms with Gasteiger partial charge in [-0.05, 0) is 35.3 Å². The van der Waals surface area contributed by atoms with Crippen molar-refractivity contribution in [1.82, 2.24) is 0 Å². The Hall–Kier alpha value is -2.56. The summed E-state index contributed by atoms with van der Waals surface area (Å²) in [7, 11) is 0. The van der Waals surface area contributed by atoms with Gasteiger partial charge < -0.3 is 10.2 Å². The van der Waals surface area contributed by atoms with Gasteiger partial charge in [0.1, 0.15) is 6.10 Å². The minimum atomic E-state index is -1.30. The summed E-state index contributed by atoms with van der Waals surface area (Å²) in [6, 6.07) is 13.7. The normalized spacial score (nSPS) is 12.2. The van der Waals surface area contributed by atoms with Crippen molar-refractivity contribution < 1.29 is 19.8 Å². The summed E-state index contributed by atoms with van der Waals surface area (Å²) in [6.07, 6.45) is 7.74. The highest BCUT2D eigenvalue weighted by Gasteiger charge is 2.21. The maximum Gasteiger partial charge on any atom is 0.196 e. The van der Waals surface area contributed by atoms with Gasteiger partial charge in [0.2, 0.25) is 0 Å². The van der Waals surface area contributed by atoms with Crippen molar-refractivity contribution in [3.8, 4) is 0 Å². The first-order valence-electron chi connectivity index (χ1n) is 10.3. The molecule has 0 bridgehead atoms. The van der Waals surface area contributed by atoms with E-state index < -0.39 is 11.9 Å². The van der Waals surface area contributed by atoms with Crippen LogP contribution in [0.5, 0.6) is 0 Å². The van der Waals surface area contributed by atoms with Gasteiger partial charge in [-0.1, -0.05) is 81.1 Å². The molecule has 0 amide bonds. The SMILES string of the molecule is CCCCCCCC(=O)C=Cc1ccc(CO)cc1C(=O)C(O)c1ccccc1. The van der Waals surface area contributed by atoms with Crippen LogP contribution in [0.1, 0.15) is 78.6 Å². The van der Waals surface area contributed by atoms with Gasteiger partial charge in [-0.3, -0.25) is 9.59 Å². The number of carbonyl (C=O) groups excluding carboxylic acids is 2. The minimum Gasteiger partial charge on any atom is -0.392 e. The third-order valence-corrected chi connectivity index (χ3v) is 4.90. The lowest BCUT2D eigenvalue weighted by atomic mass is 9.94. The molecule has 0 saturated carbocycles. The molecule has 2 aromatic rings. The first-order valence-corrected chi connectivity index (χ1v) is 10.3. The molecular formula is C25H30O4. The largest absolute Gasteiger partial charge is 0.392 e. The summed E-state index contributed by atoms with van der Waals surface area (Å²) in [4.78, 5) is 25.0. The van der Waals surface area contributed by atoms with Crippen LogP contribution in [0, 0.1) is 0 Å². The van der Waals surface area contributed by atoms with E-state index in [1.54, 1.807) is 48.5 Å². The minimum absolute atomic E-state index is 0.0229. The van der Waals surface area contributed by atoms with Gasteiger partial charge in [-0.25, -0.2) is 0 Å². The fraction of sp³-hybridized carbons (Fsp3) is 0.360. The van der Waals surface area contributed by atoms with E-state index in [4.69, 9.17) is 0 Å². The molecule has 2 rings (SSSR count). The number of aliphatic hydroxyl groups excluding tert-OH is 2. The second kappa shape index (κ2) is 12.1. The Morgan fingerprint density at radius 2 is 1.72 bits per heavy atom. The molecule has 0 aliphatic rings. The summed E-state index contributed by atoms with van der Waals surface area (Å²) < 4.78 is 0. The smallest absolute Gasteiger partial charge is 0.196 e. The van der Waals surface area contributed by atoms with E-state index in [0.717, 1.165) is 19.3 Å². The van der Waals surface area contributed by atoms with Gasteiger partial charge >= 0.3 is 0 Å². The Labute approximate surface area is 172 Å². The van der Waals surface area contributed by atoms with Crippen LogP contribution in [0.4, 0.5) is 0 Å². The van der Waals surface area contributed by atoms with Crippen molar-refractivity contribution in [2.75, 3.05) is 0 Å². The van der Waals surface area contributed by atoms with Crippen LogP contribution in [-0.2, 0) is 11.4 Å². The number of aliphatic hydroxyl groups is 2. The molecule has 0 aliphatic heterocycles. The Balaban J connectivity index is 2.14. The monoisotopic (exact) mass is 394 g/mol. The molecule has 0 spiro atoms. The van der Waals surface area contributed by atoms with E-state index in [9.17, 15) is 19.8 Å². The Morgan fingerprint density at radius 3 is 2.41 bits per heavy atom. The molecule has 2 aromatic carbocycles. The van der Waals surface area contributed by atoms with E-state index in [2.05, 4.69) is 6.92 Å². The number of benzene rings is 2. The lowest BCUT2D eigenvalue weighted by Gasteiger charge is -2.13. The maximum absolute atomic E-state index is 12.9. The quantitative estimate of drug-likeness (QED) is 0.300. The van der Waals surface area contributed by atoms with E-state index in [1.807, 2.05) is 6.07 Å². The highest BCUT2D eigenvalue weighted by molar-refractivity contribution is 6.04. The molecule has 0 heterocycles. The average molecular weight is 395 g/mol. The summed E-state index contributed by atoms with van der Waals surface area (Å²) >= 11 is 0. The van der Waals surface area contributed by atoms with Crippen LogP contribution in [0.2, 0.25) is 0 Å². The topological polar surface area (TPSA) is 74.6 Å². The van der Waals surface area contributed by atoms with Gasteiger partial charge in [0.25, 0.3) is 0 Å². The van der Waals surface area contributed by atoms with Crippen molar-refractivity contribution in [1.29, 1.82) is 0 Å². The summed E-state index contributed by atoms with van der Waals surface area (Å²) in [6.45, 7) is 1.95. The molecule has 29 heavy (non-hydrogen) atoms. The van der Waals surface area contributed by atoms with E-state index in [1.165, 1.54) is 18.9 Å². The molecule has 4 nitrogen and oxygen atoms in total. The van der Waals surface area contributed by atoms with Crippen molar-refractivity contribution in [3.05, 3.63) is 76.9 Å². The second-order valence-electron chi connectivity index (χ2n) is 7.22. The maximum atomic E-state index is 12.9. The lowest BCUT2D eigenvalue weighted by Crippen LogP contribution is -2.14. The molecule has 1 atom stereocenters. The van der Waals surface area contributed by atoms with E-state index >= 15 is 0 Å². The van der Waals surface area contributed by atoms with Crippen molar-refractivity contribution >= 4 is 17.6 Å². The van der Waals surface area contributed by atoms with Gasteiger partial charge in [0.15, 0.2) is 11.6 Å². The van der Waals surface area contributed by atoms with Gasteiger partial charge in [0, 0.05) is 12.0 Å². The lowest BCUT2D eigenvalue weighted by molar-refractivity contribution is -0.114. The standard InChI is InChI=1S/C25H30O4/c1-2-3-4-5-9-12-22(27)16-15-20-14-13-19(18-26)17-23(20)25(29)24(28)21-10-7-6-8-11-21/h6-8,10-11,13-17,24,26,28H,2-5,9,12,18H2,1H3. The number of Topliss-reactive ketones (excluding diaryl/α,β-unsaturated/α-hetero) is 1. The Morgan fingerprint density at radius 1 is 1.00 bits per heavy atom. The van der Waals surface area contributed by atoms with Crippen LogP contribution in [0.15, 0.2) is 54.6 Å². The third kappa shape index (κ3) is 7.08. The third-order valence-electron chi connectivity index (χ3n) is 4.90. The van der Waals surface area contributed by atoms with Crippen LogP contribution >= 0.6 is 0 Å². The van der Waals surface area contributed by atoms with Crippen LogP contribution in [0.3, 0.4) is 0 Å². The van der Waals surface area contributed by atoms with Crippen molar-refractivity contribution in [2.24, 2.45) is 0 Å². The molecule has 2 N–H and O–H groups in total. The zero-order chi connectivity index (χ0) is 21.1. The van der Waals surface area contributed by atoms with Gasteiger partial charge in [0.05, 0.1) is 6.61 Å². The predicted molar refractivity (Wildman–Crippen MR) is 116 cm³/mol. The summed E-state index contributed by atoms with van der Waals surface area (Å²) in [5.41, 5.74) is 1.93. The number of hydrogen-bond acceptors (Lipinski definition) is 4. The second-order valence-corrected chi connectivity index (χ2v) is 7.22. The zero-order valence-corrected chi connectivity index (χ0v) is 17.0. The highest BCUT2D eigenvalue weighted by Crippen LogP contribution is 2.23. The first kappa shape index (κ1) is 22.7. The van der Waals surface area contributed by atoms with Gasteiger partial charge in [-0.15, -0.1) is 0 Å². The summed E-state index contributed by atoms with van der Waals surface area (Å²) in [5.74, 6) is -0.437. The fourth-order valence-corrected chi connectivity index (χ4v) is 3.16. The van der Waals surface area contributed by atoms with Gasteiger partial charge in [-0.2, -0.15) is 0 Å². The first-order chi connectivity index (χ1) is 14.1. The molecule has 4 heteroatoms. The Bertz CT molecular complexity index is 824. The van der Waals surface area contributed by atoms with Crippen LogP contribution < -0.4 is 0 Å². The van der Waals surface area contributed by atoms with Crippen molar-refractivity contribution in [3.63, 3.8) is 0 Å². The number of hydrogen-bond donors (Lipinski definition) is 2. The van der Waals surface area contributed by atoms with Crippen molar-refractivity contribution in [2.45, 2.75) is 58.2 Å². The molecule has 154 valence electrons. The average Bonchev–Trinajstić information content (AvgIpc) is 2.77. The Kier molecular flexibility index (Phi) is 9.48. The number of rotatable bonds is 12. The molecule has 0 aliphatic carbocycles. The number of allylic oxidation sites excluding steroid dienone is 1. The molecule has 0 radical (unpaired) electrons. The van der Waals surface area contributed by atoms with Crippen LogP contribution in [-0.4, -0.2) is 21.8 Å². The number of carbonyl (C=O) groups is 2. The molecule has 0 aromatic heterocycles. The number of unbranched alkanes of at least 4 members (excludes halogenated alkanes) is 4. The molecular weight excluding hydrogens is 364 g/mol. The van der Waals surface area contributed by atoms with E-state index in [-0.39, 0.29) is 12.4 Å². The van der Waals surface area contributed by atoms with E-state index in [0.29, 0.717) is 28.7 Å². The van der Waals surface area contributed by atoms with Crippen LogP contribution in [0.25, 0.3) is 6.08 Å². The summed E-state index contributed by atoms with van der Waals surface area (Å²) in [5, 5.41) is 19.9. The fourth-order valence-electron chi connectivity index (χ4n) is 3.16. The molecule has 0 saturated heterocycles. The molecule has 1 unspecified atom stereocenters. The predicted octanol–water partition coefficient (Wildman–Crippen LogP) is 5.04. The molecule has 0 fully saturated rings. The number of ketones is 2.